The van der Waals surface area contributed by atoms with Crippen molar-refractivity contribution >= 4 is 12.2 Å². The Hall–Kier alpha value is -2.70. The van der Waals surface area contributed by atoms with Crippen molar-refractivity contribution in [2.45, 2.75) is 26.9 Å². The molecule has 1 aromatic heterocycles. The molecule has 0 saturated carbocycles. The number of hydrogen-bond acceptors (Lipinski definition) is 6. The first-order valence-electron chi connectivity index (χ1n) is 6.54. The summed E-state index contributed by atoms with van der Waals surface area (Å²) in [6.07, 6.45) is 1.67. The molecule has 1 aromatic carbocycles. The summed E-state index contributed by atoms with van der Waals surface area (Å²) in [5.41, 5.74) is 3.45. The Morgan fingerprint density at radius 3 is 2.81 bits per heavy atom. The Labute approximate surface area is 122 Å². The number of anilines is 1. The topological polar surface area (TPSA) is 92.3 Å². The van der Waals surface area contributed by atoms with Crippen LogP contribution in [-0.4, -0.2) is 27.5 Å². The molecule has 2 N–H and O–H groups in total. The second-order valence-corrected chi connectivity index (χ2v) is 4.66. The van der Waals surface area contributed by atoms with Crippen molar-refractivity contribution in [1.82, 2.24) is 15.2 Å². The lowest BCUT2D eigenvalue weighted by Gasteiger charge is -2.11. The molecule has 0 radical (unpaired) electrons. The van der Waals surface area contributed by atoms with Crippen LogP contribution in [0.4, 0.5) is 5.95 Å². The quantitative estimate of drug-likeness (QED) is 0.645. The van der Waals surface area contributed by atoms with Gasteiger partial charge >= 0.3 is 0 Å². The Balaban J connectivity index is 2.10. The van der Waals surface area contributed by atoms with Crippen molar-refractivity contribution in [1.29, 1.82) is 0 Å². The van der Waals surface area contributed by atoms with Crippen LogP contribution in [0, 0.1) is 6.92 Å². The van der Waals surface area contributed by atoms with Gasteiger partial charge in [-0.25, -0.2) is 5.43 Å². The zero-order chi connectivity index (χ0) is 15.2. The van der Waals surface area contributed by atoms with Crippen molar-refractivity contribution in [3.05, 3.63) is 45.9 Å². The van der Waals surface area contributed by atoms with Gasteiger partial charge in [0.25, 0.3) is 5.56 Å². The third kappa shape index (κ3) is 4.13. The van der Waals surface area contributed by atoms with Crippen LogP contribution in [0.25, 0.3) is 0 Å². The number of aromatic nitrogens is 3. The number of ether oxygens (including phenoxy) is 1. The van der Waals surface area contributed by atoms with Gasteiger partial charge in [-0.1, -0.05) is 12.1 Å². The van der Waals surface area contributed by atoms with Crippen molar-refractivity contribution in [3.63, 3.8) is 0 Å². The molecule has 0 aliphatic carbocycles. The molecule has 0 fully saturated rings. The van der Waals surface area contributed by atoms with Gasteiger partial charge in [0.2, 0.25) is 5.95 Å². The number of para-hydroxylation sites is 1. The predicted octanol–water partition coefficient (Wildman–Crippen LogP) is 1.71. The van der Waals surface area contributed by atoms with E-state index in [1.165, 1.54) is 0 Å². The minimum Gasteiger partial charge on any atom is -0.490 e. The number of H-pyrrole nitrogens is 1. The average molecular weight is 287 g/mol. The van der Waals surface area contributed by atoms with Gasteiger partial charge in [-0.3, -0.25) is 9.78 Å². The maximum atomic E-state index is 11.4. The van der Waals surface area contributed by atoms with Crippen molar-refractivity contribution in [3.8, 4) is 5.75 Å². The van der Waals surface area contributed by atoms with Crippen LogP contribution in [0.3, 0.4) is 0 Å². The minimum atomic E-state index is -0.300. The van der Waals surface area contributed by atoms with Gasteiger partial charge in [0, 0.05) is 5.56 Å². The highest BCUT2D eigenvalue weighted by atomic mass is 16.5. The third-order valence-corrected chi connectivity index (χ3v) is 2.52. The van der Waals surface area contributed by atoms with Crippen LogP contribution in [0.1, 0.15) is 25.1 Å². The number of benzene rings is 1. The SMILES string of the molecule is Cc1nnc(N/N=C/c2ccccc2OC(C)C)[nH]c1=O. The summed E-state index contributed by atoms with van der Waals surface area (Å²) >= 11 is 0. The van der Waals surface area contributed by atoms with E-state index >= 15 is 0 Å². The molecule has 0 unspecified atom stereocenters. The molecule has 7 heteroatoms. The molecule has 0 spiro atoms. The molecule has 0 aliphatic heterocycles. The third-order valence-electron chi connectivity index (χ3n) is 2.52. The zero-order valence-corrected chi connectivity index (χ0v) is 12.1. The van der Waals surface area contributed by atoms with E-state index in [0.29, 0.717) is 5.69 Å². The Kier molecular flexibility index (Phi) is 4.65. The molecular formula is C14H17N5O2. The predicted molar refractivity (Wildman–Crippen MR) is 80.8 cm³/mol. The first-order chi connectivity index (χ1) is 10.1. The van der Waals surface area contributed by atoms with Crippen LogP contribution < -0.4 is 15.7 Å². The fourth-order valence-corrected chi connectivity index (χ4v) is 1.56. The second kappa shape index (κ2) is 6.65. The van der Waals surface area contributed by atoms with Crippen LogP contribution in [-0.2, 0) is 0 Å². The average Bonchev–Trinajstić information content (AvgIpc) is 2.44. The molecule has 1 heterocycles. The molecule has 0 amide bonds. The van der Waals surface area contributed by atoms with Gasteiger partial charge in [-0.2, -0.15) is 5.10 Å². The molecule has 0 atom stereocenters. The highest BCUT2D eigenvalue weighted by Gasteiger charge is 2.03. The van der Waals surface area contributed by atoms with E-state index in [-0.39, 0.29) is 17.6 Å². The summed E-state index contributed by atoms with van der Waals surface area (Å²) in [7, 11) is 0. The summed E-state index contributed by atoms with van der Waals surface area (Å²) in [4.78, 5) is 13.9. The van der Waals surface area contributed by atoms with Crippen LogP contribution in [0.2, 0.25) is 0 Å². The maximum absolute atomic E-state index is 11.4. The van der Waals surface area contributed by atoms with E-state index in [4.69, 9.17) is 4.74 Å². The summed E-state index contributed by atoms with van der Waals surface area (Å²) in [6, 6.07) is 7.54. The molecule has 0 aliphatic rings. The first-order valence-corrected chi connectivity index (χ1v) is 6.54. The van der Waals surface area contributed by atoms with Crippen molar-refractivity contribution in [2.75, 3.05) is 5.43 Å². The molecular weight excluding hydrogens is 270 g/mol. The number of nitrogens with zero attached hydrogens (tertiary/aromatic N) is 3. The van der Waals surface area contributed by atoms with Gasteiger partial charge in [-0.05, 0) is 32.9 Å². The summed E-state index contributed by atoms with van der Waals surface area (Å²) < 4.78 is 5.68. The van der Waals surface area contributed by atoms with Crippen molar-refractivity contribution < 1.29 is 4.74 Å². The summed E-state index contributed by atoms with van der Waals surface area (Å²) in [5, 5.41) is 11.5. The highest BCUT2D eigenvalue weighted by molar-refractivity contribution is 5.83. The molecule has 0 bridgehead atoms. The fraction of sp³-hybridized carbons (Fsp3) is 0.286. The normalized spacial score (nSPS) is 11.0. The second-order valence-electron chi connectivity index (χ2n) is 4.66. The Morgan fingerprint density at radius 1 is 1.33 bits per heavy atom. The molecule has 7 nitrogen and oxygen atoms in total. The van der Waals surface area contributed by atoms with Crippen LogP contribution in [0.15, 0.2) is 34.2 Å². The number of rotatable bonds is 5. The van der Waals surface area contributed by atoms with E-state index in [1.807, 2.05) is 38.1 Å². The number of hydrazone groups is 1. The van der Waals surface area contributed by atoms with Crippen LogP contribution >= 0.6 is 0 Å². The number of hydrogen-bond donors (Lipinski definition) is 2. The number of nitrogens with one attached hydrogen (secondary N) is 2. The van der Waals surface area contributed by atoms with Crippen molar-refractivity contribution in [2.24, 2.45) is 5.10 Å². The Morgan fingerprint density at radius 2 is 2.10 bits per heavy atom. The zero-order valence-electron chi connectivity index (χ0n) is 12.1. The lowest BCUT2D eigenvalue weighted by Crippen LogP contribution is -2.15. The molecule has 21 heavy (non-hydrogen) atoms. The smallest absolute Gasteiger partial charge is 0.274 e. The highest BCUT2D eigenvalue weighted by Crippen LogP contribution is 2.17. The summed E-state index contributed by atoms with van der Waals surface area (Å²) in [6.45, 7) is 5.50. The number of aromatic amines is 1. The van der Waals surface area contributed by atoms with E-state index in [1.54, 1.807) is 13.1 Å². The van der Waals surface area contributed by atoms with Crippen LogP contribution in [0.5, 0.6) is 5.75 Å². The lowest BCUT2D eigenvalue weighted by atomic mass is 10.2. The summed E-state index contributed by atoms with van der Waals surface area (Å²) in [5.74, 6) is 0.922. The maximum Gasteiger partial charge on any atom is 0.274 e. The standard InChI is InChI=1S/C14H17N5O2/c1-9(2)21-12-7-5-4-6-11(12)8-15-18-14-16-13(20)10(3)17-19-14/h4-9H,1-3H3,(H2,16,18,19,20)/b15-8+. The first kappa shape index (κ1) is 14.7. The molecule has 0 saturated heterocycles. The molecule has 2 rings (SSSR count). The van der Waals surface area contributed by atoms with Gasteiger partial charge in [-0.15, -0.1) is 10.2 Å². The van der Waals surface area contributed by atoms with E-state index in [9.17, 15) is 4.79 Å². The van der Waals surface area contributed by atoms with E-state index in [2.05, 4.69) is 25.7 Å². The molecule has 110 valence electrons. The minimum absolute atomic E-state index is 0.0758. The molecule has 2 aromatic rings. The number of aryl methyl sites for hydroxylation is 1. The van der Waals surface area contributed by atoms with Gasteiger partial charge in [0.15, 0.2) is 0 Å². The van der Waals surface area contributed by atoms with Gasteiger partial charge < -0.3 is 4.74 Å². The fourth-order valence-electron chi connectivity index (χ4n) is 1.56. The lowest BCUT2D eigenvalue weighted by molar-refractivity contribution is 0.242. The van der Waals surface area contributed by atoms with E-state index < -0.39 is 0 Å². The van der Waals surface area contributed by atoms with Gasteiger partial charge in [0.05, 0.1) is 12.3 Å². The monoisotopic (exact) mass is 287 g/mol. The van der Waals surface area contributed by atoms with E-state index in [0.717, 1.165) is 11.3 Å². The van der Waals surface area contributed by atoms with Gasteiger partial charge in [0.1, 0.15) is 11.4 Å². The largest absolute Gasteiger partial charge is 0.490 e. The Bertz CT molecular complexity index is 694.